The first kappa shape index (κ1) is 20.9. The lowest BCUT2D eigenvalue weighted by molar-refractivity contribution is 0.0951. The van der Waals surface area contributed by atoms with Gasteiger partial charge in [-0.2, -0.15) is 0 Å². The van der Waals surface area contributed by atoms with Crippen molar-refractivity contribution < 1.29 is 4.79 Å². The van der Waals surface area contributed by atoms with Gasteiger partial charge in [-0.15, -0.1) is 0 Å². The average molecular weight is 424 g/mol. The first-order valence-electron chi connectivity index (χ1n) is 10.8. The van der Waals surface area contributed by atoms with Crippen LogP contribution < -0.4 is 5.32 Å². The third-order valence-electron chi connectivity index (χ3n) is 5.49. The van der Waals surface area contributed by atoms with Gasteiger partial charge in [-0.1, -0.05) is 36.7 Å². The van der Waals surface area contributed by atoms with Gasteiger partial charge in [0.25, 0.3) is 5.91 Å². The predicted molar refractivity (Wildman–Crippen MR) is 122 cm³/mol. The Kier molecular flexibility index (Phi) is 7.37. The molecule has 2 aromatic heterocycles. The number of nitrogens with zero attached hydrogens (tertiary/aromatic N) is 3. The molecule has 1 aliphatic heterocycles. The first-order valence-corrected chi connectivity index (χ1v) is 11.8. The van der Waals surface area contributed by atoms with Gasteiger partial charge in [0.2, 0.25) is 0 Å². The summed E-state index contributed by atoms with van der Waals surface area (Å²) in [6.45, 7) is 4.22. The lowest BCUT2D eigenvalue weighted by Gasteiger charge is -2.19. The fourth-order valence-electron chi connectivity index (χ4n) is 3.77. The number of H-pyrrole nitrogens is 1. The molecule has 0 radical (unpaired) electrons. The number of imidazole rings is 1. The van der Waals surface area contributed by atoms with E-state index in [-0.39, 0.29) is 5.91 Å². The Morgan fingerprint density at radius 1 is 1.10 bits per heavy atom. The van der Waals surface area contributed by atoms with Gasteiger partial charge in [0.05, 0.1) is 17.2 Å². The molecule has 0 bridgehead atoms. The number of benzene rings is 1. The molecule has 0 spiro atoms. The van der Waals surface area contributed by atoms with Crippen LogP contribution in [0.4, 0.5) is 0 Å². The standard InChI is InChI=1S/C23H29N5OS/c29-22(25-11-5-15-28-13-3-1-2-4-14-28)19-8-6-18(7-9-19)17-30-23-26-20-10-12-24-16-21(20)27-23/h6-10,12,16H,1-5,11,13-15,17H2,(H,25,29)(H,26,27). The largest absolute Gasteiger partial charge is 0.352 e. The summed E-state index contributed by atoms with van der Waals surface area (Å²) in [4.78, 5) is 26.9. The number of pyridine rings is 1. The molecule has 1 fully saturated rings. The summed E-state index contributed by atoms with van der Waals surface area (Å²) in [6.07, 6.45) is 9.88. The van der Waals surface area contributed by atoms with Crippen LogP contribution in [0.1, 0.15) is 48.0 Å². The molecule has 4 rings (SSSR count). The number of amides is 1. The second kappa shape index (κ2) is 10.6. The van der Waals surface area contributed by atoms with Crippen LogP contribution >= 0.6 is 11.8 Å². The highest BCUT2D eigenvalue weighted by atomic mass is 32.2. The van der Waals surface area contributed by atoms with Crippen molar-refractivity contribution in [2.24, 2.45) is 0 Å². The number of thioether (sulfide) groups is 1. The number of carbonyl (C=O) groups is 1. The van der Waals surface area contributed by atoms with Gasteiger partial charge < -0.3 is 15.2 Å². The lowest BCUT2D eigenvalue weighted by Crippen LogP contribution is -2.30. The summed E-state index contributed by atoms with van der Waals surface area (Å²) >= 11 is 1.65. The van der Waals surface area contributed by atoms with Gasteiger partial charge in [-0.25, -0.2) is 4.98 Å². The number of fused-ring (bicyclic) bond motifs is 1. The van der Waals surface area contributed by atoms with E-state index < -0.39 is 0 Å². The maximum atomic E-state index is 12.4. The highest BCUT2D eigenvalue weighted by Gasteiger charge is 2.10. The normalized spacial score (nSPS) is 15.2. The average Bonchev–Trinajstić information content (AvgIpc) is 3.02. The number of likely N-dealkylation sites (tertiary alicyclic amines) is 1. The minimum absolute atomic E-state index is 0.00912. The van der Waals surface area contributed by atoms with Crippen LogP contribution in [0, 0.1) is 0 Å². The van der Waals surface area contributed by atoms with Crippen molar-refractivity contribution in [3.63, 3.8) is 0 Å². The number of aromatic amines is 1. The number of carbonyl (C=O) groups excluding carboxylic acids is 1. The summed E-state index contributed by atoms with van der Waals surface area (Å²) in [7, 11) is 0. The van der Waals surface area contributed by atoms with Gasteiger partial charge in [-0.05, 0) is 62.7 Å². The fourth-order valence-corrected chi connectivity index (χ4v) is 4.61. The summed E-state index contributed by atoms with van der Waals surface area (Å²) in [6, 6.07) is 9.75. The Bertz CT molecular complexity index is 915. The minimum atomic E-state index is 0.00912. The Morgan fingerprint density at radius 2 is 1.90 bits per heavy atom. The van der Waals surface area contributed by atoms with Gasteiger partial charge in [0, 0.05) is 24.1 Å². The van der Waals surface area contributed by atoms with Crippen molar-refractivity contribution in [1.29, 1.82) is 0 Å². The molecule has 1 aromatic carbocycles. The van der Waals surface area contributed by atoms with E-state index in [9.17, 15) is 4.79 Å². The van der Waals surface area contributed by atoms with Crippen LogP contribution in [0.25, 0.3) is 11.0 Å². The van der Waals surface area contributed by atoms with Gasteiger partial charge in [-0.3, -0.25) is 9.78 Å². The molecule has 6 nitrogen and oxygen atoms in total. The van der Waals surface area contributed by atoms with E-state index in [0.717, 1.165) is 47.0 Å². The van der Waals surface area contributed by atoms with E-state index >= 15 is 0 Å². The highest BCUT2D eigenvalue weighted by Crippen LogP contribution is 2.22. The molecule has 1 amide bonds. The summed E-state index contributed by atoms with van der Waals surface area (Å²) in [5, 5.41) is 3.93. The monoisotopic (exact) mass is 423 g/mol. The van der Waals surface area contributed by atoms with Crippen molar-refractivity contribution >= 4 is 28.7 Å². The second-order valence-electron chi connectivity index (χ2n) is 7.79. The molecular weight excluding hydrogens is 394 g/mol. The zero-order valence-electron chi connectivity index (χ0n) is 17.3. The molecule has 0 unspecified atom stereocenters. The third-order valence-corrected chi connectivity index (χ3v) is 6.43. The fraction of sp³-hybridized carbons (Fsp3) is 0.435. The molecule has 158 valence electrons. The molecule has 0 atom stereocenters. The molecule has 1 aliphatic rings. The van der Waals surface area contributed by atoms with E-state index in [4.69, 9.17) is 0 Å². The lowest BCUT2D eigenvalue weighted by atomic mass is 10.1. The maximum absolute atomic E-state index is 12.4. The van der Waals surface area contributed by atoms with Gasteiger partial charge in [0.15, 0.2) is 5.16 Å². The molecule has 3 aromatic rings. The molecule has 3 heterocycles. The zero-order valence-corrected chi connectivity index (χ0v) is 18.1. The highest BCUT2D eigenvalue weighted by molar-refractivity contribution is 7.98. The Balaban J connectivity index is 1.20. The van der Waals surface area contributed by atoms with E-state index in [1.54, 1.807) is 24.2 Å². The Morgan fingerprint density at radius 3 is 2.67 bits per heavy atom. The number of hydrogen-bond donors (Lipinski definition) is 2. The van der Waals surface area contributed by atoms with E-state index in [2.05, 4.69) is 25.2 Å². The van der Waals surface area contributed by atoms with Crippen molar-refractivity contribution in [3.05, 3.63) is 53.9 Å². The van der Waals surface area contributed by atoms with Gasteiger partial charge >= 0.3 is 0 Å². The topological polar surface area (TPSA) is 73.9 Å². The number of hydrogen-bond acceptors (Lipinski definition) is 5. The minimum Gasteiger partial charge on any atom is -0.352 e. The molecule has 1 saturated heterocycles. The number of nitrogens with one attached hydrogen (secondary N) is 2. The second-order valence-corrected chi connectivity index (χ2v) is 8.75. The van der Waals surface area contributed by atoms with Crippen molar-refractivity contribution in [1.82, 2.24) is 25.2 Å². The molecular formula is C23H29N5OS. The SMILES string of the molecule is O=C(NCCCN1CCCCCC1)c1ccc(CSc2nc3ccncc3[nH]2)cc1. The first-order chi connectivity index (χ1) is 14.8. The van der Waals surface area contributed by atoms with E-state index in [1.165, 1.54) is 38.8 Å². The molecule has 30 heavy (non-hydrogen) atoms. The van der Waals surface area contributed by atoms with E-state index in [0.29, 0.717) is 5.56 Å². The molecule has 2 N–H and O–H groups in total. The van der Waals surface area contributed by atoms with Crippen molar-refractivity contribution in [2.75, 3.05) is 26.2 Å². The molecule has 0 aliphatic carbocycles. The van der Waals surface area contributed by atoms with E-state index in [1.807, 2.05) is 30.3 Å². The Hall–Kier alpha value is -2.38. The Labute approximate surface area is 181 Å². The quantitative estimate of drug-likeness (QED) is 0.419. The van der Waals surface area contributed by atoms with Crippen LogP contribution in [0.5, 0.6) is 0 Å². The summed E-state index contributed by atoms with van der Waals surface area (Å²) in [5.41, 5.74) is 3.75. The van der Waals surface area contributed by atoms with Gasteiger partial charge in [0.1, 0.15) is 0 Å². The van der Waals surface area contributed by atoms with Crippen LogP contribution in [0.3, 0.4) is 0 Å². The number of aromatic nitrogens is 3. The molecule has 0 saturated carbocycles. The van der Waals surface area contributed by atoms with Crippen LogP contribution in [0.15, 0.2) is 47.9 Å². The number of rotatable bonds is 8. The zero-order chi connectivity index (χ0) is 20.6. The maximum Gasteiger partial charge on any atom is 0.251 e. The predicted octanol–water partition coefficient (Wildman–Crippen LogP) is 4.25. The van der Waals surface area contributed by atoms with Crippen LogP contribution in [-0.2, 0) is 5.75 Å². The third kappa shape index (κ3) is 5.83. The van der Waals surface area contributed by atoms with Crippen LogP contribution in [0.2, 0.25) is 0 Å². The molecule has 7 heteroatoms. The van der Waals surface area contributed by atoms with Crippen molar-refractivity contribution in [3.8, 4) is 0 Å². The smallest absolute Gasteiger partial charge is 0.251 e. The summed E-state index contributed by atoms with van der Waals surface area (Å²) < 4.78 is 0. The summed E-state index contributed by atoms with van der Waals surface area (Å²) in [5.74, 6) is 0.806. The van der Waals surface area contributed by atoms with Crippen LogP contribution in [-0.4, -0.2) is 51.9 Å². The van der Waals surface area contributed by atoms with Crippen molar-refractivity contribution in [2.45, 2.75) is 43.0 Å².